The van der Waals surface area contributed by atoms with Crippen molar-refractivity contribution in [3.8, 4) is 0 Å². The third-order valence-corrected chi connectivity index (χ3v) is 5.07. The molecule has 0 aliphatic rings. The van der Waals surface area contributed by atoms with Crippen LogP contribution in [0.4, 0.5) is 11.4 Å². The van der Waals surface area contributed by atoms with E-state index >= 15 is 0 Å². The normalized spacial score (nSPS) is 10.7. The van der Waals surface area contributed by atoms with Gasteiger partial charge < -0.3 is 10.6 Å². The molecular formula is C23H19ClN2O2S. The highest BCUT2D eigenvalue weighted by molar-refractivity contribution is 8.00. The molecule has 0 aromatic heterocycles. The number of thioether (sulfide) groups is 1. The number of hydrogen-bond donors (Lipinski definition) is 2. The van der Waals surface area contributed by atoms with Crippen LogP contribution in [0.25, 0.3) is 6.08 Å². The van der Waals surface area contributed by atoms with Gasteiger partial charge >= 0.3 is 0 Å². The predicted molar refractivity (Wildman–Crippen MR) is 121 cm³/mol. The molecule has 0 fully saturated rings. The summed E-state index contributed by atoms with van der Waals surface area (Å²) in [6.45, 7) is 0. The zero-order valence-electron chi connectivity index (χ0n) is 15.5. The van der Waals surface area contributed by atoms with Crippen molar-refractivity contribution in [2.75, 3.05) is 16.4 Å². The van der Waals surface area contributed by atoms with Gasteiger partial charge in [-0.1, -0.05) is 48.0 Å². The zero-order chi connectivity index (χ0) is 20.5. The van der Waals surface area contributed by atoms with Gasteiger partial charge in [0, 0.05) is 27.4 Å². The molecule has 0 saturated heterocycles. The molecule has 0 spiro atoms. The summed E-state index contributed by atoms with van der Waals surface area (Å²) >= 11 is 7.33. The van der Waals surface area contributed by atoms with Crippen LogP contribution in [0.15, 0.2) is 89.8 Å². The van der Waals surface area contributed by atoms with Crippen LogP contribution in [0, 0.1) is 0 Å². The molecule has 0 radical (unpaired) electrons. The Balaban J connectivity index is 1.46. The quantitative estimate of drug-likeness (QED) is 0.378. The van der Waals surface area contributed by atoms with Gasteiger partial charge in [0.1, 0.15) is 0 Å². The van der Waals surface area contributed by atoms with E-state index in [1.807, 2.05) is 54.6 Å². The van der Waals surface area contributed by atoms with Crippen LogP contribution in [0.2, 0.25) is 5.02 Å². The van der Waals surface area contributed by atoms with Crippen molar-refractivity contribution in [2.24, 2.45) is 0 Å². The van der Waals surface area contributed by atoms with E-state index in [1.54, 1.807) is 30.3 Å². The lowest BCUT2D eigenvalue weighted by molar-refractivity contribution is -0.114. The van der Waals surface area contributed by atoms with Gasteiger partial charge in [-0.25, -0.2) is 0 Å². The summed E-state index contributed by atoms with van der Waals surface area (Å²) in [5.41, 5.74) is 2.33. The number of benzene rings is 3. The first-order valence-corrected chi connectivity index (χ1v) is 10.3. The van der Waals surface area contributed by atoms with Crippen molar-refractivity contribution in [1.82, 2.24) is 0 Å². The van der Waals surface area contributed by atoms with Gasteiger partial charge in [-0.2, -0.15) is 0 Å². The molecule has 2 amide bonds. The van der Waals surface area contributed by atoms with E-state index in [4.69, 9.17) is 11.6 Å². The van der Waals surface area contributed by atoms with E-state index in [2.05, 4.69) is 10.6 Å². The van der Waals surface area contributed by atoms with E-state index in [0.29, 0.717) is 16.4 Å². The second-order valence-electron chi connectivity index (χ2n) is 6.10. The van der Waals surface area contributed by atoms with Gasteiger partial charge in [0.2, 0.25) is 11.8 Å². The lowest BCUT2D eigenvalue weighted by Gasteiger charge is -2.07. The zero-order valence-corrected chi connectivity index (χ0v) is 17.0. The van der Waals surface area contributed by atoms with E-state index in [1.165, 1.54) is 17.8 Å². The third kappa shape index (κ3) is 7.14. The molecule has 146 valence electrons. The summed E-state index contributed by atoms with van der Waals surface area (Å²) in [5, 5.41) is 6.20. The molecule has 3 aromatic rings. The monoisotopic (exact) mass is 422 g/mol. The number of carbonyl (C=O) groups excluding carboxylic acids is 2. The molecule has 4 nitrogen and oxygen atoms in total. The van der Waals surface area contributed by atoms with Gasteiger partial charge in [-0.3, -0.25) is 9.59 Å². The number of carbonyl (C=O) groups is 2. The number of rotatable bonds is 7. The van der Waals surface area contributed by atoms with Crippen LogP contribution in [0.3, 0.4) is 0 Å². The molecule has 0 aliphatic carbocycles. The fraction of sp³-hybridized carbons (Fsp3) is 0.0435. The summed E-state index contributed by atoms with van der Waals surface area (Å²) in [4.78, 5) is 25.0. The minimum atomic E-state index is -0.199. The topological polar surface area (TPSA) is 58.2 Å². The fourth-order valence-electron chi connectivity index (χ4n) is 2.47. The number of anilines is 2. The van der Waals surface area contributed by atoms with Crippen molar-refractivity contribution < 1.29 is 9.59 Å². The Kier molecular flexibility index (Phi) is 7.50. The lowest BCUT2D eigenvalue weighted by Crippen LogP contribution is -2.13. The highest BCUT2D eigenvalue weighted by Crippen LogP contribution is 2.21. The second-order valence-corrected chi connectivity index (χ2v) is 7.59. The number of nitrogens with one attached hydrogen (secondary N) is 2. The molecule has 0 aliphatic heterocycles. The maximum absolute atomic E-state index is 12.1. The third-order valence-electron chi connectivity index (χ3n) is 3.83. The van der Waals surface area contributed by atoms with Gasteiger partial charge in [-0.05, 0) is 54.1 Å². The first kappa shape index (κ1) is 20.7. The van der Waals surface area contributed by atoms with Crippen LogP contribution >= 0.6 is 23.4 Å². The average Bonchev–Trinajstić information content (AvgIpc) is 2.72. The van der Waals surface area contributed by atoms with Crippen LogP contribution in [-0.2, 0) is 9.59 Å². The molecule has 29 heavy (non-hydrogen) atoms. The summed E-state index contributed by atoms with van der Waals surface area (Å²) < 4.78 is 0. The molecule has 0 heterocycles. The van der Waals surface area contributed by atoms with Crippen molar-refractivity contribution in [3.05, 3.63) is 95.5 Å². The molecule has 3 rings (SSSR count). The predicted octanol–water partition coefficient (Wildman–Crippen LogP) is 5.72. The Bertz CT molecular complexity index is 1000. The maximum atomic E-state index is 12.1. The SMILES string of the molecule is O=C(/C=C/c1ccccc1)Nc1ccc(SCC(=O)Nc2cccc(Cl)c2)cc1. The molecule has 0 saturated carbocycles. The highest BCUT2D eigenvalue weighted by Gasteiger charge is 2.05. The highest BCUT2D eigenvalue weighted by atomic mass is 35.5. The Morgan fingerprint density at radius 1 is 0.862 bits per heavy atom. The van der Waals surface area contributed by atoms with Crippen molar-refractivity contribution in [1.29, 1.82) is 0 Å². The Labute approximate surface area is 179 Å². The van der Waals surface area contributed by atoms with Crippen LogP contribution in [-0.4, -0.2) is 17.6 Å². The first-order valence-electron chi connectivity index (χ1n) is 8.91. The first-order chi connectivity index (χ1) is 14.1. The van der Waals surface area contributed by atoms with E-state index in [9.17, 15) is 9.59 Å². The number of halogens is 1. The van der Waals surface area contributed by atoms with Gasteiger partial charge in [0.25, 0.3) is 0 Å². The molecule has 2 N–H and O–H groups in total. The average molecular weight is 423 g/mol. The number of amides is 2. The van der Waals surface area contributed by atoms with Gasteiger partial charge in [-0.15, -0.1) is 11.8 Å². The Hall–Kier alpha value is -3.02. The Morgan fingerprint density at radius 2 is 1.62 bits per heavy atom. The molecule has 6 heteroatoms. The van der Waals surface area contributed by atoms with Crippen LogP contribution < -0.4 is 10.6 Å². The summed E-state index contributed by atoms with van der Waals surface area (Å²) in [7, 11) is 0. The Morgan fingerprint density at radius 3 is 2.34 bits per heavy atom. The number of hydrogen-bond acceptors (Lipinski definition) is 3. The van der Waals surface area contributed by atoms with Gasteiger partial charge in [0.05, 0.1) is 5.75 Å². The summed E-state index contributed by atoms with van der Waals surface area (Å²) in [5.74, 6) is -0.0336. The summed E-state index contributed by atoms with van der Waals surface area (Å²) in [6, 6.07) is 24.0. The molecule has 0 bridgehead atoms. The standard InChI is InChI=1S/C23H19ClN2O2S/c24-18-7-4-8-20(15-18)26-23(28)16-29-21-12-10-19(11-13-21)25-22(27)14-9-17-5-2-1-3-6-17/h1-15H,16H2,(H,25,27)(H,26,28)/b14-9+. The molecule has 0 atom stereocenters. The maximum Gasteiger partial charge on any atom is 0.248 e. The second kappa shape index (κ2) is 10.5. The molecular weight excluding hydrogens is 404 g/mol. The van der Waals surface area contributed by atoms with E-state index in [0.717, 1.165) is 10.5 Å². The summed E-state index contributed by atoms with van der Waals surface area (Å²) in [6.07, 6.45) is 3.26. The van der Waals surface area contributed by atoms with Gasteiger partial charge in [0.15, 0.2) is 0 Å². The van der Waals surface area contributed by atoms with Crippen molar-refractivity contribution >= 4 is 52.6 Å². The van der Waals surface area contributed by atoms with Crippen LogP contribution in [0.5, 0.6) is 0 Å². The largest absolute Gasteiger partial charge is 0.325 e. The van der Waals surface area contributed by atoms with Crippen molar-refractivity contribution in [2.45, 2.75) is 4.90 Å². The molecule has 3 aromatic carbocycles. The smallest absolute Gasteiger partial charge is 0.248 e. The minimum Gasteiger partial charge on any atom is -0.325 e. The fourth-order valence-corrected chi connectivity index (χ4v) is 3.36. The van der Waals surface area contributed by atoms with Crippen LogP contribution in [0.1, 0.15) is 5.56 Å². The lowest BCUT2D eigenvalue weighted by atomic mass is 10.2. The molecule has 0 unspecified atom stereocenters. The van der Waals surface area contributed by atoms with E-state index in [-0.39, 0.29) is 17.6 Å². The van der Waals surface area contributed by atoms with Crippen molar-refractivity contribution in [3.63, 3.8) is 0 Å². The van der Waals surface area contributed by atoms with E-state index < -0.39 is 0 Å². The minimum absolute atomic E-state index is 0.110.